The Balaban J connectivity index is 1.74. The maximum absolute atomic E-state index is 13.8. The first kappa shape index (κ1) is 23.7. The van der Waals surface area contributed by atoms with Crippen LogP contribution in [0.2, 0.25) is 0 Å². The summed E-state index contributed by atoms with van der Waals surface area (Å²) in [4.78, 5) is 42.2. The van der Waals surface area contributed by atoms with Crippen LogP contribution in [0.3, 0.4) is 0 Å². The number of aryl methyl sites for hydroxylation is 2. The molecule has 0 saturated carbocycles. The zero-order valence-electron chi connectivity index (χ0n) is 20.1. The first-order valence-electron chi connectivity index (χ1n) is 11.9. The number of nitrogens with one attached hydrogen (secondary N) is 2. The number of carbonyl (C=O) groups excluding carboxylic acids is 3. The van der Waals surface area contributed by atoms with Crippen molar-refractivity contribution in [1.29, 1.82) is 0 Å². The number of ether oxygens (including phenoxy) is 1. The molecule has 6 atom stereocenters. The Kier molecular flexibility index (Phi) is 6.03. The fourth-order valence-corrected chi connectivity index (χ4v) is 6.06. The number of hydrogen-bond donors (Lipinski definition) is 3. The number of anilines is 1. The van der Waals surface area contributed by atoms with Gasteiger partial charge < -0.3 is 25.4 Å². The lowest BCUT2D eigenvalue weighted by atomic mass is 9.66. The summed E-state index contributed by atoms with van der Waals surface area (Å²) in [5.41, 5.74) is 0.707. The van der Waals surface area contributed by atoms with E-state index in [1.165, 1.54) is 4.90 Å². The second kappa shape index (κ2) is 8.40. The molecule has 4 rings (SSSR count). The van der Waals surface area contributed by atoms with Gasteiger partial charge in [0.15, 0.2) is 0 Å². The first-order chi connectivity index (χ1) is 15.6. The highest BCUT2D eigenvalue weighted by Crippen LogP contribution is 2.63. The highest BCUT2D eigenvalue weighted by atomic mass is 16.5. The van der Waals surface area contributed by atoms with Crippen LogP contribution in [0.15, 0.2) is 18.2 Å². The van der Waals surface area contributed by atoms with E-state index < -0.39 is 35.1 Å². The van der Waals surface area contributed by atoms with E-state index in [2.05, 4.69) is 10.6 Å². The summed E-state index contributed by atoms with van der Waals surface area (Å²) >= 11 is 0. The first-order valence-corrected chi connectivity index (χ1v) is 11.9. The number of hydrogen-bond acceptors (Lipinski definition) is 5. The molecule has 1 spiro atoms. The lowest BCUT2D eigenvalue weighted by Crippen LogP contribution is -2.55. The summed E-state index contributed by atoms with van der Waals surface area (Å²) < 4.78 is 6.54. The number of amides is 3. The molecule has 8 nitrogen and oxygen atoms in total. The molecule has 3 N–H and O–H groups in total. The van der Waals surface area contributed by atoms with Crippen LogP contribution < -0.4 is 10.6 Å². The molecule has 3 saturated heterocycles. The number of nitrogens with zero attached hydrogens (tertiary/aromatic N) is 1. The molecule has 1 aromatic rings. The Labute approximate surface area is 195 Å². The lowest BCUT2D eigenvalue weighted by molar-refractivity contribution is -0.147. The van der Waals surface area contributed by atoms with E-state index in [0.717, 1.165) is 17.5 Å². The third kappa shape index (κ3) is 3.54. The molecule has 3 amide bonds. The Morgan fingerprint density at radius 1 is 1.27 bits per heavy atom. The van der Waals surface area contributed by atoms with Gasteiger partial charge in [-0.15, -0.1) is 0 Å². The Bertz CT molecular complexity index is 981. The number of fused-ring (bicyclic) bond motifs is 1. The van der Waals surface area contributed by atoms with Crippen molar-refractivity contribution < 1.29 is 24.2 Å². The van der Waals surface area contributed by atoms with Gasteiger partial charge in [0.2, 0.25) is 17.7 Å². The minimum atomic E-state index is -1.09. The van der Waals surface area contributed by atoms with Gasteiger partial charge in [-0.05, 0) is 64.2 Å². The van der Waals surface area contributed by atoms with E-state index in [-0.39, 0.29) is 24.3 Å². The predicted molar refractivity (Wildman–Crippen MR) is 123 cm³/mol. The number of aliphatic hydroxyl groups excluding tert-OH is 1. The third-order valence-corrected chi connectivity index (χ3v) is 7.68. The summed E-state index contributed by atoms with van der Waals surface area (Å²) in [6.45, 7) is 9.66. The summed E-state index contributed by atoms with van der Waals surface area (Å²) in [6, 6.07) is 4.30. The number of benzene rings is 1. The van der Waals surface area contributed by atoms with Crippen molar-refractivity contribution in [3.8, 4) is 0 Å². The zero-order valence-corrected chi connectivity index (χ0v) is 20.1. The predicted octanol–water partition coefficient (Wildman–Crippen LogP) is 1.91. The van der Waals surface area contributed by atoms with Gasteiger partial charge in [-0.2, -0.15) is 0 Å². The van der Waals surface area contributed by atoms with Gasteiger partial charge in [-0.25, -0.2) is 0 Å². The molecule has 0 aromatic heterocycles. The highest BCUT2D eigenvalue weighted by Gasteiger charge is 2.78. The third-order valence-electron chi connectivity index (χ3n) is 7.68. The molecule has 2 bridgehead atoms. The van der Waals surface area contributed by atoms with Gasteiger partial charge in [0.25, 0.3) is 0 Å². The Hall–Kier alpha value is -2.45. The van der Waals surface area contributed by atoms with Crippen LogP contribution in [0.25, 0.3) is 0 Å². The number of carbonyl (C=O) groups is 3. The SMILES string of the molecule is CCCNC(=O)[C@H]1[C@H]2C(=O)N([C@H](C)CO)C(C(=O)Nc3cc(C)ccc3C)C23CC[C@]1(C)O3. The van der Waals surface area contributed by atoms with Gasteiger partial charge in [-0.3, -0.25) is 14.4 Å². The maximum atomic E-state index is 13.8. The molecular weight excluding hydrogens is 422 g/mol. The van der Waals surface area contributed by atoms with Crippen LogP contribution in [0.5, 0.6) is 0 Å². The second-order valence-corrected chi connectivity index (χ2v) is 10.1. The smallest absolute Gasteiger partial charge is 0.250 e. The van der Waals surface area contributed by atoms with Crippen molar-refractivity contribution in [3.05, 3.63) is 29.3 Å². The van der Waals surface area contributed by atoms with Crippen molar-refractivity contribution in [1.82, 2.24) is 10.2 Å². The van der Waals surface area contributed by atoms with Gasteiger partial charge in [-0.1, -0.05) is 19.1 Å². The number of aliphatic hydroxyl groups is 1. The molecule has 33 heavy (non-hydrogen) atoms. The molecule has 1 aromatic carbocycles. The quantitative estimate of drug-likeness (QED) is 0.580. The monoisotopic (exact) mass is 457 g/mol. The lowest BCUT2D eigenvalue weighted by Gasteiger charge is -2.35. The summed E-state index contributed by atoms with van der Waals surface area (Å²) in [5, 5.41) is 15.8. The van der Waals surface area contributed by atoms with Crippen molar-refractivity contribution in [2.75, 3.05) is 18.5 Å². The minimum Gasteiger partial charge on any atom is -0.394 e. The van der Waals surface area contributed by atoms with E-state index in [1.54, 1.807) is 6.92 Å². The van der Waals surface area contributed by atoms with Crippen LogP contribution in [-0.4, -0.2) is 64.2 Å². The molecular formula is C25H35N3O5. The molecule has 8 heteroatoms. The summed E-state index contributed by atoms with van der Waals surface area (Å²) in [5.74, 6) is -2.27. The second-order valence-electron chi connectivity index (χ2n) is 10.1. The van der Waals surface area contributed by atoms with Crippen molar-refractivity contribution in [2.24, 2.45) is 11.8 Å². The summed E-state index contributed by atoms with van der Waals surface area (Å²) in [7, 11) is 0. The molecule has 3 aliphatic rings. The molecule has 2 unspecified atom stereocenters. The Morgan fingerprint density at radius 3 is 2.67 bits per heavy atom. The normalized spacial score (nSPS) is 33.2. The van der Waals surface area contributed by atoms with Gasteiger partial charge in [0.05, 0.1) is 30.1 Å². The van der Waals surface area contributed by atoms with Gasteiger partial charge in [0.1, 0.15) is 11.6 Å². The number of likely N-dealkylation sites (tertiary alicyclic amines) is 1. The van der Waals surface area contributed by atoms with Gasteiger partial charge >= 0.3 is 0 Å². The maximum Gasteiger partial charge on any atom is 0.250 e. The van der Waals surface area contributed by atoms with Crippen LogP contribution >= 0.6 is 0 Å². The molecule has 0 aliphatic carbocycles. The molecule has 3 heterocycles. The van der Waals surface area contributed by atoms with E-state index in [1.807, 2.05) is 45.9 Å². The van der Waals surface area contributed by atoms with E-state index in [9.17, 15) is 19.5 Å². The largest absolute Gasteiger partial charge is 0.394 e. The Morgan fingerprint density at radius 2 is 2.00 bits per heavy atom. The average Bonchev–Trinajstić information content (AvgIpc) is 3.34. The van der Waals surface area contributed by atoms with Crippen molar-refractivity contribution >= 4 is 23.4 Å². The van der Waals surface area contributed by atoms with Crippen LogP contribution in [-0.2, 0) is 19.1 Å². The fraction of sp³-hybridized carbons (Fsp3) is 0.640. The number of rotatable bonds is 7. The van der Waals surface area contributed by atoms with Gasteiger partial charge in [0, 0.05) is 12.2 Å². The molecule has 180 valence electrons. The standard InChI is InChI=1S/C25H35N3O5/c1-6-11-26-21(30)18-19-23(32)28(16(4)13-29)20(25(19)10-9-24(18,5)33-25)22(31)27-17-12-14(2)7-8-15(17)3/h7-8,12,16,18-20,29H,6,9-11,13H2,1-5H3,(H,26,30)(H,27,31)/t16-,18-,19+,20?,24+,25?/m1/s1. The van der Waals surface area contributed by atoms with Crippen LogP contribution in [0.1, 0.15) is 51.2 Å². The van der Waals surface area contributed by atoms with Crippen molar-refractivity contribution in [3.63, 3.8) is 0 Å². The molecule has 3 aliphatic heterocycles. The minimum absolute atomic E-state index is 0.202. The molecule has 3 fully saturated rings. The van der Waals surface area contributed by atoms with E-state index >= 15 is 0 Å². The fourth-order valence-electron chi connectivity index (χ4n) is 6.06. The highest BCUT2D eigenvalue weighted by molar-refractivity contribution is 6.04. The zero-order chi connectivity index (χ0) is 24.1. The average molecular weight is 458 g/mol. The molecule has 0 radical (unpaired) electrons. The summed E-state index contributed by atoms with van der Waals surface area (Å²) in [6.07, 6.45) is 1.89. The van der Waals surface area contributed by atoms with Crippen molar-refractivity contribution in [2.45, 2.75) is 77.2 Å². The topological polar surface area (TPSA) is 108 Å². The van der Waals surface area contributed by atoms with E-state index in [0.29, 0.717) is 25.1 Å². The van der Waals surface area contributed by atoms with Crippen LogP contribution in [0.4, 0.5) is 5.69 Å². The van der Waals surface area contributed by atoms with Crippen LogP contribution in [0, 0.1) is 25.7 Å². The van der Waals surface area contributed by atoms with E-state index in [4.69, 9.17) is 4.74 Å².